The molecular formula is C27H25N3O5. The highest BCUT2D eigenvalue weighted by Crippen LogP contribution is 2.18. The number of hydrogen-bond acceptors (Lipinski definition) is 6. The number of ether oxygens (including phenoxy) is 2. The topological polar surface area (TPSA) is 102 Å². The highest BCUT2D eigenvalue weighted by Gasteiger charge is 2.09. The largest absolute Gasteiger partial charge is 0.490 e. The lowest BCUT2D eigenvalue weighted by Gasteiger charge is -2.11. The third kappa shape index (κ3) is 7.40. The molecule has 0 bridgehead atoms. The molecule has 35 heavy (non-hydrogen) atoms. The van der Waals surface area contributed by atoms with E-state index in [0.29, 0.717) is 30.3 Å². The van der Waals surface area contributed by atoms with Crippen molar-refractivity contribution < 1.29 is 23.5 Å². The molecule has 0 aliphatic carbocycles. The molecule has 0 fully saturated rings. The number of carbonyl (C=O) groups excluding carboxylic acids is 2. The zero-order valence-electron chi connectivity index (χ0n) is 18.9. The van der Waals surface area contributed by atoms with Crippen LogP contribution in [0.25, 0.3) is 0 Å². The maximum absolute atomic E-state index is 12.3. The van der Waals surface area contributed by atoms with E-state index in [-0.39, 0.29) is 24.1 Å². The van der Waals surface area contributed by atoms with E-state index in [2.05, 4.69) is 16.0 Å². The van der Waals surface area contributed by atoms with Crippen molar-refractivity contribution in [1.29, 1.82) is 0 Å². The second-order valence-corrected chi connectivity index (χ2v) is 7.45. The lowest BCUT2D eigenvalue weighted by Crippen LogP contribution is -2.21. The number of carbonyl (C=O) groups is 2. The molecule has 0 saturated heterocycles. The summed E-state index contributed by atoms with van der Waals surface area (Å²) in [5.41, 5.74) is 1.89. The van der Waals surface area contributed by atoms with Crippen LogP contribution in [0.3, 0.4) is 0 Å². The zero-order valence-corrected chi connectivity index (χ0v) is 18.9. The molecule has 4 aromatic rings. The van der Waals surface area contributed by atoms with Crippen LogP contribution in [-0.2, 0) is 4.79 Å². The number of amides is 2. The van der Waals surface area contributed by atoms with Crippen LogP contribution in [0.1, 0.15) is 10.6 Å². The molecule has 8 nitrogen and oxygen atoms in total. The summed E-state index contributed by atoms with van der Waals surface area (Å²) in [4.78, 5) is 24.5. The monoisotopic (exact) mass is 471 g/mol. The molecule has 0 unspecified atom stereocenters. The highest BCUT2D eigenvalue weighted by molar-refractivity contribution is 6.02. The van der Waals surface area contributed by atoms with Crippen LogP contribution in [0.2, 0.25) is 0 Å². The van der Waals surface area contributed by atoms with Crippen LogP contribution in [0, 0.1) is 0 Å². The van der Waals surface area contributed by atoms with E-state index in [1.165, 1.54) is 6.26 Å². The van der Waals surface area contributed by atoms with Crippen molar-refractivity contribution in [3.8, 4) is 11.5 Å². The molecule has 3 N–H and O–H groups in total. The van der Waals surface area contributed by atoms with E-state index < -0.39 is 0 Å². The molecule has 3 aromatic carbocycles. The Morgan fingerprint density at radius 2 is 1.37 bits per heavy atom. The van der Waals surface area contributed by atoms with Crippen molar-refractivity contribution in [2.75, 3.05) is 35.7 Å². The summed E-state index contributed by atoms with van der Waals surface area (Å²) < 4.78 is 16.4. The first-order valence-electron chi connectivity index (χ1n) is 11.0. The van der Waals surface area contributed by atoms with Crippen molar-refractivity contribution in [1.82, 2.24) is 0 Å². The molecule has 1 aromatic heterocycles. The summed E-state index contributed by atoms with van der Waals surface area (Å²) in [6.07, 6.45) is 1.43. The predicted molar refractivity (Wildman–Crippen MR) is 134 cm³/mol. The van der Waals surface area contributed by atoms with Gasteiger partial charge in [0.1, 0.15) is 24.7 Å². The van der Waals surface area contributed by atoms with Crippen LogP contribution in [0.5, 0.6) is 11.5 Å². The third-order valence-corrected chi connectivity index (χ3v) is 4.82. The molecule has 178 valence electrons. The van der Waals surface area contributed by atoms with Gasteiger partial charge in [0.25, 0.3) is 5.91 Å². The van der Waals surface area contributed by atoms with Crippen LogP contribution in [-0.4, -0.2) is 31.6 Å². The van der Waals surface area contributed by atoms with Crippen molar-refractivity contribution >= 4 is 28.9 Å². The van der Waals surface area contributed by atoms with Gasteiger partial charge in [-0.3, -0.25) is 9.59 Å². The van der Waals surface area contributed by atoms with E-state index in [4.69, 9.17) is 13.9 Å². The minimum atomic E-state index is -0.365. The molecule has 4 rings (SSSR count). The van der Waals surface area contributed by atoms with E-state index >= 15 is 0 Å². The molecule has 0 atom stereocenters. The fraction of sp³-hybridized carbons (Fsp3) is 0.111. The smallest absolute Gasteiger partial charge is 0.291 e. The Hall–Kier alpha value is -4.72. The number of nitrogens with one attached hydrogen (secondary N) is 3. The lowest BCUT2D eigenvalue weighted by molar-refractivity contribution is -0.114. The van der Waals surface area contributed by atoms with Gasteiger partial charge in [-0.15, -0.1) is 0 Å². The van der Waals surface area contributed by atoms with E-state index in [9.17, 15) is 9.59 Å². The maximum atomic E-state index is 12.3. The van der Waals surface area contributed by atoms with Gasteiger partial charge in [0, 0.05) is 17.1 Å². The number of anilines is 3. The average Bonchev–Trinajstić information content (AvgIpc) is 3.42. The molecule has 2 amide bonds. The Morgan fingerprint density at radius 1 is 0.686 bits per heavy atom. The summed E-state index contributed by atoms with van der Waals surface area (Å²) in [6.45, 7) is 0.942. The van der Waals surface area contributed by atoms with Crippen LogP contribution < -0.4 is 25.4 Å². The minimum Gasteiger partial charge on any atom is -0.490 e. The maximum Gasteiger partial charge on any atom is 0.291 e. The van der Waals surface area contributed by atoms with E-state index in [1.54, 1.807) is 36.4 Å². The van der Waals surface area contributed by atoms with Gasteiger partial charge in [-0.1, -0.05) is 24.3 Å². The van der Waals surface area contributed by atoms with E-state index in [0.717, 1.165) is 11.4 Å². The normalized spacial score (nSPS) is 10.3. The van der Waals surface area contributed by atoms with Crippen molar-refractivity contribution in [2.45, 2.75) is 0 Å². The van der Waals surface area contributed by atoms with Gasteiger partial charge in [0.05, 0.1) is 12.8 Å². The summed E-state index contributed by atoms with van der Waals surface area (Å²) in [5.74, 6) is 1.14. The molecule has 1 heterocycles. The Morgan fingerprint density at radius 3 is 2.06 bits per heavy atom. The molecule has 0 spiro atoms. The van der Waals surface area contributed by atoms with Crippen molar-refractivity contribution in [3.05, 3.63) is 103 Å². The van der Waals surface area contributed by atoms with Gasteiger partial charge in [-0.05, 0) is 66.7 Å². The van der Waals surface area contributed by atoms with Gasteiger partial charge >= 0.3 is 0 Å². The number of hydrogen-bond donors (Lipinski definition) is 3. The molecule has 0 aliphatic heterocycles. The first-order valence-corrected chi connectivity index (χ1v) is 11.0. The summed E-state index contributed by atoms with van der Waals surface area (Å²) in [7, 11) is 0. The van der Waals surface area contributed by atoms with Gasteiger partial charge in [0.15, 0.2) is 5.76 Å². The summed E-state index contributed by atoms with van der Waals surface area (Å²) >= 11 is 0. The Bertz CT molecular complexity index is 1230. The second kappa shape index (κ2) is 11.9. The average molecular weight is 472 g/mol. The van der Waals surface area contributed by atoms with Crippen LogP contribution in [0.15, 0.2) is 102 Å². The van der Waals surface area contributed by atoms with Gasteiger partial charge < -0.3 is 29.8 Å². The fourth-order valence-electron chi connectivity index (χ4n) is 3.17. The predicted octanol–water partition coefficient (Wildman–Crippen LogP) is 5.04. The minimum absolute atomic E-state index is 0.0775. The number of para-hydroxylation sites is 1. The molecule has 0 saturated carbocycles. The number of furan rings is 1. The first-order chi connectivity index (χ1) is 17.2. The molecule has 0 aliphatic rings. The lowest BCUT2D eigenvalue weighted by atomic mass is 10.2. The van der Waals surface area contributed by atoms with Gasteiger partial charge in [0.2, 0.25) is 5.91 Å². The quantitative estimate of drug-likeness (QED) is 0.265. The fourth-order valence-corrected chi connectivity index (χ4v) is 3.17. The van der Waals surface area contributed by atoms with Crippen molar-refractivity contribution in [3.63, 3.8) is 0 Å². The van der Waals surface area contributed by atoms with Gasteiger partial charge in [-0.2, -0.15) is 0 Å². The summed E-state index contributed by atoms with van der Waals surface area (Å²) in [5, 5.41) is 8.60. The van der Waals surface area contributed by atoms with Gasteiger partial charge in [-0.25, -0.2) is 0 Å². The van der Waals surface area contributed by atoms with Crippen LogP contribution in [0.4, 0.5) is 17.1 Å². The summed E-state index contributed by atoms with van der Waals surface area (Å²) in [6, 6.07) is 27.0. The Balaban J connectivity index is 1.18. The first kappa shape index (κ1) is 23.4. The number of rotatable bonds is 11. The SMILES string of the molecule is O=C(CNc1ccc(OCCOc2ccccc2)cc1)Nc1cccc(NC(=O)c2ccco2)c1. The molecule has 0 radical (unpaired) electrons. The van der Waals surface area contributed by atoms with Crippen molar-refractivity contribution in [2.24, 2.45) is 0 Å². The molecule has 8 heteroatoms. The molecular weight excluding hydrogens is 446 g/mol. The second-order valence-electron chi connectivity index (χ2n) is 7.45. The standard InChI is InChI=1S/C27H25N3O5/c31-26(29-21-6-4-7-22(18-21)30-27(32)25-10-5-15-35-25)19-28-20-11-13-24(14-12-20)34-17-16-33-23-8-2-1-3-9-23/h1-15,18,28H,16-17,19H2,(H,29,31)(H,30,32). The Kier molecular flexibility index (Phi) is 8.00. The zero-order chi connectivity index (χ0) is 24.3. The number of benzene rings is 3. The van der Waals surface area contributed by atoms with E-state index in [1.807, 2.05) is 54.6 Å². The highest BCUT2D eigenvalue weighted by atomic mass is 16.5. The van der Waals surface area contributed by atoms with Crippen LogP contribution >= 0.6 is 0 Å². The third-order valence-electron chi connectivity index (χ3n) is 4.82. The Labute approximate surface area is 202 Å².